The Morgan fingerprint density at radius 1 is 1.24 bits per heavy atom. The minimum Gasteiger partial charge on any atom is -0.216 e. The van der Waals surface area contributed by atoms with Crippen LogP contribution in [0.25, 0.3) is 0 Å². The van der Waals surface area contributed by atoms with E-state index in [1.54, 1.807) is 0 Å². The number of nitrogens with one attached hydrogen (secondary N) is 1. The monoisotopic (exact) mass is 256 g/mol. The van der Waals surface area contributed by atoms with Gasteiger partial charge in [-0.3, -0.25) is 0 Å². The average molecular weight is 256 g/mol. The molecule has 0 radical (unpaired) electrons. The second-order valence-electron chi connectivity index (χ2n) is 4.48. The van der Waals surface area contributed by atoms with Crippen LogP contribution in [0.3, 0.4) is 0 Å². The van der Waals surface area contributed by atoms with Crippen LogP contribution < -0.4 is 9.86 Å². The SMILES string of the molecule is CCc1ccc(C(NS(N)(=O)=O)C(C)C)cc1. The number of nitrogens with two attached hydrogens (primary N) is 1. The molecule has 1 rings (SSSR count). The quantitative estimate of drug-likeness (QED) is 0.842. The molecule has 0 spiro atoms. The van der Waals surface area contributed by atoms with Crippen molar-refractivity contribution in [2.45, 2.75) is 33.2 Å². The van der Waals surface area contributed by atoms with Gasteiger partial charge in [0.2, 0.25) is 0 Å². The van der Waals surface area contributed by atoms with Gasteiger partial charge in [0.05, 0.1) is 6.04 Å². The van der Waals surface area contributed by atoms with E-state index < -0.39 is 10.2 Å². The summed E-state index contributed by atoms with van der Waals surface area (Å²) >= 11 is 0. The lowest BCUT2D eigenvalue weighted by molar-refractivity contribution is 0.463. The predicted octanol–water partition coefficient (Wildman–Crippen LogP) is 1.74. The third kappa shape index (κ3) is 4.46. The highest BCUT2D eigenvalue weighted by atomic mass is 32.2. The van der Waals surface area contributed by atoms with Gasteiger partial charge in [-0.05, 0) is 23.5 Å². The summed E-state index contributed by atoms with van der Waals surface area (Å²) < 4.78 is 24.7. The van der Waals surface area contributed by atoms with Crippen molar-refractivity contribution < 1.29 is 8.42 Å². The molecule has 1 aromatic rings. The summed E-state index contributed by atoms with van der Waals surface area (Å²) in [6.07, 6.45) is 0.968. The number of benzene rings is 1. The van der Waals surface area contributed by atoms with Gasteiger partial charge in [-0.25, -0.2) is 5.14 Å². The topological polar surface area (TPSA) is 72.2 Å². The molecule has 0 heterocycles. The van der Waals surface area contributed by atoms with E-state index in [0.29, 0.717) is 0 Å². The molecule has 0 aliphatic carbocycles. The van der Waals surface area contributed by atoms with Crippen LogP contribution in [0, 0.1) is 5.92 Å². The van der Waals surface area contributed by atoms with Gasteiger partial charge in [0, 0.05) is 0 Å². The molecular formula is C12H20N2O2S. The van der Waals surface area contributed by atoms with Gasteiger partial charge < -0.3 is 0 Å². The van der Waals surface area contributed by atoms with E-state index in [4.69, 9.17) is 5.14 Å². The molecule has 0 amide bonds. The van der Waals surface area contributed by atoms with Crippen LogP contribution >= 0.6 is 0 Å². The first-order valence-electron chi connectivity index (χ1n) is 5.72. The minimum atomic E-state index is -3.68. The Kier molecular flexibility index (Phi) is 4.68. The molecule has 1 unspecified atom stereocenters. The molecular weight excluding hydrogens is 236 g/mol. The Hall–Kier alpha value is -0.910. The third-order valence-electron chi connectivity index (χ3n) is 2.70. The van der Waals surface area contributed by atoms with Crippen molar-refractivity contribution in [1.29, 1.82) is 0 Å². The van der Waals surface area contributed by atoms with Crippen LogP contribution in [0.5, 0.6) is 0 Å². The predicted molar refractivity (Wildman–Crippen MR) is 69.6 cm³/mol. The second-order valence-corrected chi connectivity index (χ2v) is 5.81. The van der Waals surface area contributed by atoms with Crippen molar-refractivity contribution in [3.63, 3.8) is 0 Å². The Morgan fingerprint density at radius 3 is 2.12 bits per heavy atom. The average Bonchev–Trinajstić information content (AvgIpc) is 2.25. The Labute approximate surface area is 103 Å². The van der Waals surface area contributed by atoms with Gasteiger partial charge in [0.1, 0.15) is 0 Å². The van der Waals surface area contributed by atoms with E-state index in [1.807, 2.05) is 38.1 Å². The number of aryl methyl sites for hydroxylation is 1. The number of hydrogen-bond donors (Lipinski definition) is 2. The summed E-state index contributed by atoms with van der Waals surface area (Å²) in [6.45, 7) is 5.99. The van der Waals surface area contributed by atoms with Crippen LogP contribution in [-0.2, 0) is 16.6 Å². The van der Waals surface area contributed by atoms with E-state index in [1.165, 1.54) is 5.56 Å². The van der Waals surface area contributed by atoms with E-state index >= 15 is 0 Å². The molecule has 0 saturated carbocycles. The molecule has 0 fully saturated rings. The molecule has 3 N–H and O–H groups in total. The van der Waals surface area contributed by atoms with Crippen molar-refractivity contribution >= 4 is 10.2 Å². The lowest BCUT2D eigenvalue weighted by Crippen LogP contribution is -2.36. The molecule has 0 saturated heterocycles. The summed E-state index contributed by atoms with van der Waals surface area (Å²) in [4.78, 5) is 0. The molecule has 96 valence electrons. The van der Waals surface area contributed by atoms with Crippen LogP contribution in [0.2, 0.25) is 0 Å². The third-order valence-corrected chi connectivity index (χ3v) is 3.29. The van der Waals surface area contributed by atoms with Crippen molar-refractivity contribution in [3.05, 3.63) is 35.4 Å². The molecule has 1 aromatic carbocycles. The summed E-state index contributed by atoms with van der Waals surface area (Å²) in [5, 5.41) is 5.03. The molecule has 1 atom stereocenters. The Bertz CT molecular complexity index is 452. The summed E-state index contributed by atoms with van der Waals surface area (Å²) in [7, 11) is -3.68. The van der Waals surface area contributed by atoms with Crippen molar-refractivity contribution in [2.24, 2.45) is 11.1 Å². The maximum absolute atomic E-state index is 11.1. The zero-order chi connectivity index (χ0) is 13.1. The van der Waals surface area contributed by atoms with Gasteiger partial charge in [-0.1, -0.05) is 45.0 Å². The fourth-order valence-electron chi connectivity index (χ4n) is 1.73. The van der Waals surface area contributed by atoms with Crippen molar-refractivity contribution in [1.82, 2.24) is 4.72 Å². The van der Waals surface area contributed by atoms with Crippen molar-refractivity contribution in [2.75, 3.05) is 0 Å². The summed E-state index contributed by atoms with van der Waals surface area (Å²) in [5.74, 6) is 0.140. The number of hydrogen-bond acceptors (Lipinski definition) is 2. The Balaban J connectivity index is 2.97. The van der Waals surface area contributed by atoms with E-state index in [-0.39, 0.29) is 12.0 Å². The zero-order valence-electron chi connectivity index (χ0n) is 10.5. The van der Waals surface area contributed by atoms with E-state index in [0.717, 1.165) is 12.0 Å². The highest BCUT2D eigenvalue weighted by molar-refractivity contribution is 7.87. The lowest BCUT2D eigenvalue weighted by atomic mass is 9.96. The molecule has 17 heavy (non-hydrogen) atoms. The Morgan fingerprint density at radius 2 is 1.76 bits per heavy atom. The second kappa shape index (κ2) is 5.62. The fraction of sp³-hybridized carbons (Fsp3) is 0.500. The summed E-state index contributed by atoms with van der Waals surface area (Å²) in [5.41, 5.74) is 2.16. The van der Waals surface area contributed by atoms with Gasteiger partial charge >= 0.3 is 0 Å². The highest BCUT2D eigenvalue weighted by Crippen LogP contribution is 2.22. The normalized spacial score (nSPS) is 13.9. The maximum Gasteiger partial charge on any atom is 0.274 e. The smallest absolute Gasteiger partial charge is 0.216 e. The van der Waals surface area contributed by atoms with E-state index in [9.17, 15) is 8.42 Å². The molecule has 0 aromatic heterocycles. The maximum atomic E-state index is 11.1. The highest BCUT2D eigenvalue weighted by Gasteiger charge is 2.19. The fourth-order valence-corrected chi connectivity index (χ4v) is 2.49. The van der Waals surface area contributed by atoms with Crippen LogP contribution in [0.15, 0.2) is 24.3 Å². The van der Waals surface area contributed by atoms with Crippen LogP contribution in [-0.4, -0.2) is 8.42 Å². The zero-order valence-corrected chi connectivity index (χ0v) is 11.3. The van der Waals surface area contributed by atoms with Gasteiger partial charge in [0.15, 0.2) is 0 Å². The molecule has 0 aliphatic heterocycles. The van der Waals surface area contributed by atoms with Gasteiger partial charge in [0.25, 0.3) is 10.2 Å². The molecule has 4 nitrogen and oxygen atoms in total. The van der Waals surface area contributed by atoms with E-state index in [2.05, 4.69) is 11.6 Å². The standard InChI is InChI=1S/C12H20N2O2S/c1-4-10-5-7-11(8-6-10)12(9(2)3)14-17(13,15)16/h5-9,12,14H,4H2,1-3H3,(H2,13,15,16). The molecule has 0 aliphatic rings. The first kappa shape index (κ1) is 14.2. The van der Waals surface area contributed by atoms with Gasteiger partial charge in [-0.2, -0.15) is 13.1 Å². The van der Waals surface area contributed by atoms with Crippen LogP contribution in [0.1, 0.15) is 37.9 Å². The van der Waals surface area contributed by atoms with Crippen molar-refractivity contribution in [3.8, 4) is 0 Å². The van der Waals surface area contributed by atoms with Gasteiger partial charge in [-0.15, -0.1) is 0 Å². The van der Waals surface area contributed by atoms with Crippen LogP contribution in [0.4, 0.5) is 0 Å². The number of rotatable bonds is 5. The molecule has 0 bridgehead atoms. The first-order chi connectivity index (χ1) is 7.83. The minimum absolute atomic E-state index is 0.140. The first-order valence-corrected chi connectivity index (χ1v) is 7.27. The lowest BCUT2D eigenvalue weighted by Gasteiger charge is -2.21. The largest absolute Gasteiger partial charge is 0.274 e. The summed E-state index contributed by atoms with van der Waals surface area (Å²) in [6, 6.07) is 7.63. The molecule has 5 heteroatoms.